The second kappa shape index (κ2) is 8.47. The molecule has 6 heteroatoms. The number of benzene rings is 1. The average molecular weight is 318 g/mol. The van der Waals surface area contributed by atoms with Crippen LogP contribution in [0.3, 0.4) is 0 Å². The Bertz CT molecular complexity index is 577. The van der Waals surface area contributed by atoms with Gasteiger partial charge in [0.15, 0.2) is 0 Å². The molecule has 6 nitrogen and oxygen atoms in total. The number of hydrogen-bond acceptors (Lipinski definition) is 6. The van der Waals surface area contributed by atoms with Gasteiger partial charge in [0.05, 0.1) is 12.3 Å². The van der Waals surface area contributed by atoms with E-state index in [2.05, 4.69) is 10.3 Å². The molecule has 0 spiro atoms. The summed E-state index contributed by atoms with van der Waals surface area (Å²) in [6.45, 7) is 2.25. The van der Waals surface area contributed by atoms with Crippen LogP contribution in [0.1, 0.15) is 18.6 Å². The Kier molecular flexibility index (Phi) is 6.34. The number of rotatable bonds is 8. The van der Waals surface area contributed by atoms with Gasteiger partial charge in [-0.15, -0.1) is 0 Å². The molecule has 0 bridgehead atoms. The Morgan fingerprint density at radius 2 is 1.91 bits per heavy atom. The Labute approximate surface area is 135 Å². The third kappa shape index (κ3) is 5.52. The summed E-state index contributed by atoms with van der Waals surface area (Å²) in [6.07, 6.45) is 1.79. The number of aromatic nitrogens is 1. The molecule has 124 valence electrons. The number of nitrogens with zero attached hydrogens (tertiary/aromatic N) is 1. The number of aliphatic hydroxyl groups is 2. The highest BCUT2D eigenvalue weighted by atomic mass is 16.5. The average Bonchev–Trinajstić information content (AvgIpc) is 2.58. The van der Waals surface area contributed by atoms with Gasteiger partial charge in [-0.3, -0.25) is 4.98 Å². The maximum atomic E-state index is 10.2. The SMILES string of the molecule is CC(NC[C@H](O)COc1cccnc1)C(O)c1ccc(O)cc1. The van der Waals surface area contributed by atoms with Crippen LogP contribution in [0, 0.1) is 0 Å². The first kappa shape index (κ1) is 17.2. The molecule has 1 aromatic heterocycles. The van der Waals surface area contributed by atoms with Crippen molar-refractivity contribution >= 4 is 0 Å². The van der Waals surface area contributed by atoms with Crippen molar-refractivity contribution in [2.45, 2.75) is 25.2 Å². The predicted molar refractivity (Wildman–Crippen MR) is 86.3 cm³/mol. The molecule has 0 aliphatic rings. The minimum Gasteiger partial charge on any atom is -0.508 e. The molecule has 0 saturated carbocycles. The molecule has 2 unspecified atom stereocenters. The van der Waals surface area contributed by atoms with Crippen molar-refractivity contribution < 1.29 is 20.1 Å². The first-order valence-corrected chi connectivity index (χ1v) is 7.47. The zero-order chi connectivity index (χ0) is 16.7. The number of phenols is 1. The summed E-state index contributed by atoms with van der Waals surface area (Å²) >= 11 is 0. The largest absolute Gasteiger partial charge is 0.508 e. The molecule has 0 aliphatic heterocycles. The summed E-state index contributed by atoms with van der Waals surface area (Å²) < 4.78 is 5.42. The zero-order valence-corrected chi connectivity index (χ0v) is 13.0. The molecule has 3 atom stereocenters. The van der Waals surface area contributed by atoms with Crippen LogP contribution >= 0.6 is 0 Å². The summed E-state index contributed by atoms with van der Waals surface area (Å²) in [5.41, 5.74) is 0.698. The maximum Gasteiger partial charge on any atom is 0.137 e. The second-order valence-electron chi connectivity index (χ2n) is 5.39. The van der Waals surface area contributed by atoms with Crippen LogP contribution in [0.2, 0.25) is 0 Å². The van der Waals surface area contributed by atoms with Crippen LogP contribution in [-0.2, 0) is 0 Å². The fourth-order valence-electron chi connectivity index (χ4n) is 2.08. The lowest BCUT2D eigenvalue weighted by atomic mass is 10.0. The van der Waals surface area contributed by atoms with E-state index in [-0.39, 0.29) is 24.9 Å². The third-order valence-corrected chi connectivity index (χ3v) is 3.46. The molecule has 0 fully saturated rings. The molecule has 23 heavy (non-hydrogen) atoms. The van der Waals surface area contributed by atoms with E-state index in [1.165, 1.54) is 12.1 Å². The fourth-order valence-corrected chi connectivity index (χ4v) is 2.08. The maximum absolute atomic E-state index is 10.2. The van der Waals surface area contributed by atoms with E-state index in [0.29, 0.717) is 11.3 Å². The van der Waals surface area contributed by atoms with Crippen LogP contribution < -0.4 is 10.1 Å². The van der Waals surface area contributed by atoms with Crippen molar-refractivity contribution in [3.05, 3.63) is 54.4 Å². The number of phenolic OH excluding ortho intramolecular Hbond substituents is 1. The number of ether oxygens (including phenoxy) is 1. The van der Waals surface area contributed by atoms with Crippen LogP contribution in [0.25, 0.3) is 0 Å². The van der Waals surface area contributed by atoms with Gasteiger partial charge in [-0.1, -0.05) is 12.1 Å². The highest BCUT2D eigenvalue weighted by molar-refractivity contribution is 5.27. The van der Waals surface area contributed by atoms with E-state index in [1.54, 1.807) is 36.7 Å². The molecule has 1 aromatic carbocycles. The first-order chi connectivity index (χ1) is 11.1. The lowest BCUT2D eigenvalue weighted by molar-refractivity contribution is 0.0875. The molecular weight excluding hydrogens is 296 g/mol. The van der Waals surface area contributed by atoms with Gasteiger partial charge in [-0.2, -0.15) is 0 Å². The Balaban J connectivity index is 1.74. The van der Waals surface area contributed by atoms with Crippen LogP contribution in [0.4, 0.5) is 0 Å². The molecule has 2 aromatic rings. The van der Waals surface area contributed by atoms with Gasteiger partial charge in [-0.25, -0.2) is 0 Å². The quantitative estimate of drug-likeness (QED) is 0.585. The molecule has 2 rings (SSSR count). The lowest BCUT2D eigenvalue weighted by Crippen LogP contribution is -2.39. The number of aliphatic hydroxyl groups excluding tert-OH is 2. The van der Waals surface area contributed by atoms with E-state index in [1.807, 2.05) is 6.92 Å². The third-order valence-electron chi connectivity index (χ3n) is 3.46. The van der Waals surface area contributed by atoms with Crippen molar-refractivity contribution in [1.82, 2.24) is 10.3 Å². The Morgan fingerprint density at radius 1 is 1.17 bits per heavy atom. The Morgan fingerprint density at radius 3 is 2.57 bits per heavy atom. The van der Waals surface area contributed by atoms with Gasteiger partial charge in [-0.05, 0) is 36.8 Å². The van der Waals surface area contributed by atoms with Crippen molar-refractivity contribution in [3.8, 4) is 11.5 Å². The number of hydrogen-bond donors (Lipinski definition) is 4. The topological polar surface area (TPSA) is 94.8 Å². The summed E-state index contributed by atoms with van der Waals surface area (Å²) in [6, 6.07) is 9.66. The predicted octanol–water partition coefficient (Wildman–Crippen LogP) is 1.24. The first-order valence-electron chi connectivity index (χ1n) is 7.47. The second-order valence-corrected chi connectivity index (χ2v) is 5.39. The van der Waals surface area contributed by atoms with Crippen molar-refractivity contribution in [3.63, 3.8) is 0 Å². The molecular formula is C17H22N2O4. The van der Waals surface area contributed by atoms with E-state index in [4.69, 9.17) is 4.74 Å². The summed E-state index contributed by atoms with van der Waals surface area (Å²) in [5, 5.41) is 32.5. The number of nitrogens with one attached hydrogen (secondary N) is 1. The van der Waals surface area contributed by atoms with Crippen LogP contribution in [0.5, 0.6) is 11.5 Å². The summed E-state index contributed by atoms with van der Waals surface area (Å²) in [7, 11) is 0. The number of pyridine rings is 1. The van der Waals surface area contributed by atoms with Gasteiger partial charge in [0.25, 0.3) is 0 Å². The minimum absolute atomic E-state index is 0.140. The minimum atomic E-state index is -0.734. The molecule has 0 saturated heterocycles. The number of aromatic hydroxyl groups is 1. The molecule has 1 heterocycles. The van der Waals surface area contributed by atoms with Gasteiger partial charge >= 0.3 is 0 Å². The highest BCUT2D eigenvalue weighted by Gasteiger charge is 2.17. The Hall–Kier alpha value is -2.15. The smallest absolute Gasteiger partial charge is 0.137 e. The van der Waals surface area contributed by atoms with Gasteiger partial charge in [0.1, 0.15) is 24.2 Å². The van der Waals surface area contributed by atoms with E-state index >= 15 is 0 Å². The highest BCUT2D eigenvalue weighted by Crippen LogP contribution is 2.19. The van der Waals surface area contributed by atoms with Gasteiger partial charge in [0, 0.05) is 18.8 Å². The van der Waals surface area contributed by atoms with Crippen molar-refractivity contribution in [2.24, 2.45) is 0 Å². The van der Waals surface area contributed by atoms with Crippen molar-refractivity contribution in [2.75, 3.05) is 13.2 Å². The zero-order valence-electron chi connectivity index (χ0n) is 13.0. The summed E-state index contributed by atoms with van der Waals surface area (Å²) in [4.78, 5) is 3.93. The fraction of sp³-hybridized carbons (Fsp3) is 0.353. The van der Waals surface area contributed by atoms with E-state index in [0.717, 1.165) is 0 Å². The molecule has 0 radical (unpaired) electrons. The van der Waals surface area contributed by atoms with E-state index < -0.39 is 12.2 Å². The standard InChI is InChI=1S/C17H22N2O4/c1-12(17(22)13-4-6-14(20)7-5-13)19-9-15(21)11-23-16-3-2-8-18-10-16/h2-8,10,12,15,17,19-22H,9,11H2,1H3/t12?,15-,17?/m0/s1. The van der Waals surface area contributed by atoms with Crippen LogP contribution in [0.15, 0.2) is 48.8 Å². The lowest BCUT2D eigenvalue weighted by Gasteiger charge is -2.22. The van der Waals surface area contributed by atoms with E-state index in [9.17, 15) is 15.3 Å². The normalized spacial score (nSPS) is 14.9. The molecule has 0 amide bonds. The molecule has 0 aliphatic carbocycles. The van der Waals surface area contributed by atoms with Crippen molar-refractivity contribution in [1.29, 1.82) is 0 Å². The summed E-state index contributed by atoms with van der Waals surface area (Å²) in [5.74, 6) is 0.758. The van der Waals surface area contributed by atoms with Crippen LogP contribution in [-0.4, -0.2) is 45.6 Å². The van der Waals surface area contributed by atoms with Gasteiger partial charge < -0.3 is 25.4 Å². The monoisotopic (exact) mass is 318 g/mol. The molecule has 4 N–H and O–H groups in total. The van der Waals surface area contributed by atoms with Gasteiger partial charge in [0.2, 0.25) is 0 Å².